The highest BCUT2D eigenvalue weighted by molar-refractivity contribution is 6.15. The van der Waals surface area contributed by atoms with Crippen LogP contribution in [0.5, 0.6) is 0 Å². The number of benzene rings is 2. The Labute approximate surface area is 189 Å². The zero-order valence-corrected chi connectivity index (χ0v) is 18.7. The van der Waals surface area contributed by atoms with E-state index in [1.54, 1.807) is 6.92 Å². The van der Waals surface area contributed by atoms with Crippen molar-refractivity contribution in [3.05, 3.63) is 65.7 Å². The monoisotopic (exact) mass is 434 g/mol. The second-order valence-corrected chi connectivity index (χ2v) is 8.69. The van der Waals surface area contributed by atoms with E-state index in [0.29, 0.717) is 5.69 Å². The van der Waals surface area contributed by atoms with E-state index < -0.39 is 12.1 Å². The summed E-state index contributed by atoms with van der Waals surface area (Å²) in [7, 11) is 0. The van der Waals surface area contributed by atoms with Gasteiger partial charge in [0.05, 0.1) is 0 Å². The van der Waals surface area contributed by atoms with Crippen LogP contribution in [0.4, 0.5) is 10.5 Å². The average molecular weight is 435 g/mol. The molecule has 4 rings (SSSR count). The fourth-order valence-corrected chi connectivity index (χ4v) is 4.40. The van der Waals surface area contributed by atoms with Crippen molar-refractivity contribution in [3.8, 4) is 0 Å². The van der Waals surface area contributed by atoms with Crippen LogP contribution >= 0.6 is 0 Å². The Bertz CT molecular complexity index is 968. The van der Waals surface area contributed by atoms with Crippen LogP contribution in [-0.2, 0) is 16.1 Å². The van der Waals surface area contributed by atoms with Crippen molar-refractivity contribution in [1.82, 2.24) is 15.1 Å². The number of imide groups is 1. The van der Waals surface area contributed by atoms with Crippen molar-refractivity contribution in [3.63, 3.8) is 0 Å². The molecule has 2 heterocycles. The number of urea groups is 1. The van der Waals surface area contributed by atoms with E-state index in [0.717, 1.165) is 42.9 Å². The normalized spacial score (nSPS) is 20.1. The van der Waals surface area contributed by atoms with E-state index in [2.05, 4.69) is 22.3 Å². The lowest BCUT2D eigenvalue weighted by Crippen LogP contribution is -2.48. The van der Waals surface area contributed by atoms with E-state index in [-0.39, 0.29) is 24.4 Å². The standard InChI is InChI=1S/C25H30N4O3/c1-18-8-10-22(11-9-18)29-19(2)24(31)28(25(29)32)17-23(30)26-21-12-14-27(15-13-21)16-20-6-4-3-5-7-20/h3-11,19,21H,12-17H2,1-2H3,(H,26,30)/t19-/m0/s1. The lowest BCUT2D eigenvalue weighted by Gasteiger charge is -2.32. The first-order chi connectivity index (χ1) is 15.4. The van der Waals surface area contributed by atoms with Gasteiger partial charge < -0.3 is 5.32 Å². The predicted molar refractivity (Wildman–Crippen MR) is 123 cm³/mol. The quantitative estimate of drug-likeness (QED) is 0.710. The van der Waals surface area contributed by atoms with Gasteiger partial charge in [-0.2, -0.15) is 0 Å². The first-order valence-corrected chi connectivity index (χ1v) is 11.2. The first kappa shape index (κ1) is 22.0. The Morgan fingerprint density at radius 2 is 1.66 bits per heavy atom. The molecule has 7 heteroatoms. The van der Waals surface area contributed by atoms with Crippen LogP contribution in [0.2, 0.25) is 0 Å². The molecule has 32 heavy (non-hydrogen) atoms. The minimum Gasteiger partial charge on any atom is -0.352 e. The second-order valence-electron chi connectivity index (χ2n) is 8.69. The van der Waals surface area contributed by atoms with Crippen LogP contribution in [0.25, 0.3) is 0 Å². The number of hydrogen-bond donors (Lipinski definition) is 1. The molecule has 0 aromatic heterocycles. The molecule has 2 aromatic rings. The summed E-state index contributed by atoms with van der Waals surface area (Å²) < 4.78 is 0. The van der Waals surface area contributed by atoms with Crippen LogP contribution in [0.15, 0.2) is 54.6 Å². The topological polar surface area (TPSA) is 73.0 Å². The van der Waals surface area contributed by atoms with Crippen LogP contribution in [0.1, 0.15) is 30.9 Å². The average Bonchev–Trinajstić information content (AvgIpc) is 3.00. The van der Waals surface area contributed by atoms with Gasteiger partial charge >= 0.3 is 6.03 Å². The summed E-state index contributed by atoms with van der Waals surface area (Å²) in [5, 5.41) is 3.02. The largest absolute Gasteiger partial charge is 0.352 e. The molecule has 0 bridgehead atoms. The third-order valence-corrected chi connectivity index (χ3v) is 6.26. The van der Waals surface area contributed by atoms with Gasteiger partial charge in [0, 0.05) is 31.4 Å². The van der Waals surface area contributed by atoms with Gasteiger partial charge in [-0.15, -0.1) is 0 Å². The van der Waals surface area contributed by atoms with Gasteiger partial charge in [-0.25, -0.2) is 4.79 Å². The molecule has 2 fully saturated rings. The number of piperidine rings is 1. The maximum Gasteiger partial charge on any atom is 0.332 e. The maximum absolute atomic E-state index is 12.9. The van der Waals surface area contributed by atoms with Crippen molar-refractivity contribution in [2.75, 3.05) is 24.5 Å². The highest BCUT2D eigenvalue weighted by atomic mass is 16.2. The maximum atomic E-state index is 12.9. The van der Waals surface area contributed by atoms with E-state index in [1.165, 1.54) is 10.5 Å². The Morgan fingerprint density at radius 1 is 1.00 bits per heavy atom. The third kappa shape index (κ3) is 4.83. The lowest BCUT2D eigenvalue weighted by molar-refractivity contribution is -0.132. The van der Waals surface area contributed by atoms with E-state index >= 15 is 0 Å². The molecule has 0 aliphatic carbocycles. The Morgan fingerprint density at radius 3 is 2.31 bits per heavy atom. The fourth-order valence-electron chi connectivity index (χ4n) is 4.40. The summed E-state index contributed by atoms with van der Waals surface area (Å²) in [6.07, 6.45) is 1.71. The van der Waals surface area contributed by atoms with Crippen molar-refractivity contribution in [2.45, 2.75) is 45.3 Å². The number of hydrogen-bond acceptors (Lipinski definition) is 4. The third-order valence-electron chi connectivity index (χ3n) is 6.26. The van der Waals surface area contributed by atoms with Crippen LogP contribution in [0.3, 0.4) is 0 Å². The summed E-state index contributed by atoms with van der Waals surface area (Å²) in [5.41, 5.74) is 3.02. The van der Waals surface area contributed by atoms with Crippen LogP contribution in [0, 0.1) is 6.92 Å². The molecular formula is C25H30N4O3. The summed E-state index contributed by atoms with van der Waals surface area (Å²) in [4.78, 5) is 43.1. The molecule has 4 amide bonds. The number of nitrogens with one attached hydrogen (secondary N) is 1. The smallest absolute Gasteiger partial charge is 0.332 e. The van der Waals surface area contributed by atoms with Gasteiger partial charge in [0.25, 0.3) is 5.91 Å². The predicted octanol–water partition coefficient (Wildman–Crippen LogP) is 2.93. The van der Waals surface area contributed by atoms with E-state index in [9.17, 15) is 14.4 Å². The van der Waals surface area contributed by atoms with Gasteiger partial charge in [-0.3, -0.25) is 24.3 Å². The molecule has 2 aromatic carbocycles. The highest BCUT2D eigenvalue weighted by Gasteiger charge is 2.44. The molecular weight excluding hydrogens is 404 g/mol. The number of carbonyl (C=O) groups is 3. The first-order valence-electron chi connectivity index (χ1n) is 11.2. The van der Waals surface area contributed by atoms with E-state index in [1.807, 2.05) is 49.4 Å². The van der Waals surface area contributed by atoms with Crippen molar-refractivity contribution in [1.29, 1.82) is 0 Å². The molecule has 2 aliphatic rings. The minimum atomic E-state index is -0.626. The Balaban J connectivity index is 1.29. The van der Waals surface area contributed by atoms with Crippen LogP contribution < -0.4 is 10.2 Å². The number of carbonyl (C=O) groups excluding carboxylic acids is 3. The number of aryl methyl sites for hydroxylation is 1. The minimum absolute atomic E-state index is 0.0629. The summed E-state index contributed by atoms with van der Waals surface area (Å²) >= 11 is 0. The molecule has 168 valence electrons. The molecule has 0 saturated carbocycles. The van der Waals surface area contributed by atoms with Crippen molar-refractivity contribution >= 4 is 23.5 Å². The summed E-state index contributed by atoms with van der Waals surface area (Å²) in [5.74, 6) is -0.630. The molecule has 7 nitrogen and oxygen atoms in total. The SMILES string of the molecule is Cc1ccc(N2C(=O)N(CC(=O)NC3CCN(Cc4ccccc4)CC3)C(=O)[C@@H]2C)cc1. The number of amides is 4. The van der Waals surface area contributed by atoms with E-state index in [4.69, 9.17) is 0 Å². The number of likely N-dealkylation sites (tertiary alicyclic amines) is 1. The molecule has 1 atom stereocenters. The Hall–Kier alpha value is -3.19. The van der Waals surface area contributed by atoms with Gasteiger partial charge in [-0.1, -0.05) is 48.0 Å². The summed E-state index contributed by atoms with van der Waals surface area (Å²) in [6, 6.07) is 16.8. The van der Waals surface area contributed by atoms with Crippen molar-refractivity contribution < 1.29 is 14.4 Å². The fraction of sp³-hybridized carbons (Fsp3) is 0.400. The molecule has 2 aliphatic heterocycles. The zero-order valence-electron chi connectivity index (χ0n) is 18.7. The van der Waals surface area contributed by atoms with Crippen LogP contribution in [-0.4, -0.2) is 59.4 Å². The van der Waals surface area contributed by atoms with Gasteiger partial charge in [0.15, 0.2) is 0 Å². The van der Waals surface area contributed by atoms with Gasteiger partial charge in [-0.05, 0) is 44.4 Å². The highest BCUT2D eigenvalue weighted by Crippen LogP contribution is 2.26. The second kappa shape index (κ2) is 9.53. The lowest BCUT2D eigenvalue weighted by atomic mass is 10.0. The van der Waals surface area contributed by atoms with Gasteiger partial charge in [0.2, 0.25) is 5.91 Å². The Kier molecular flexibility index (Phi) is 6.55. The van der Waals surface area contributed by atoms with Crippen molar-refractivity contribution in [2.24, 2.45) is 0 Å². The summed E-state index contributed by atoms with van der Waals surface area (Å²) in [6.45, 7) is 6.13. The number of rotatable bonds is 6. The molecule has 0 radical (unpaired) electrons. The molecule has 0 spiro atoms. The number of nitrogens with zero attached hydrogens (tertiary/aromatic N) is 3. The number of anilines is 1. The molecule has 1 N–H and O–H groups in total. The molecule has 2 saturated heterocycles. The zero-order chi connectivity index (χ0) is 22.7. The van der Waals surface area contributed by atoms with Gasteiger partial charge in [0.1, 0.15) is 12.6 Å². The molecule has 0 unspecified atom stereocenters.